The number of para-hydroxylation sites is 1. The molecule has 0 saturated heterocycles. The number of ketones is 2. The molecule has 4 heteroatoms. The Morgan fingerprint density at radius 2 is 1.81 bits per heavy atom. The van der Waals surface area contributed by atoms with Crippen molar-refractivity contribution < 1.29 is 19.4 Å². The highest BCUT2D eigenvalue weighted by molar-refractivity contribution is 6.17. The molecule has 4 nitrogen and oxygen atoms in total. The van der Waals surface area contributed by atoms with Crippen LogP contribution < -0.4 is 4.74 Å². The maximum Gasteiger partial charge on any atom is 0.166 e. The van der Waals surface area contributed by atoms with Crippen LogP contribution in [0.2, 0.25) is 0 Å². The number of phenolic OH excluding ortho intramolecular Hbond substituents is 1. The second kappa shape index (κ2) is 6.22. The summed E-state index contributed by atoms with van der Waals surface area (Å²) in [4.78, 5) is 26.8. The molecule has 0 amide bonds. The second-order valence-electron chi connectivity index (χ2n) is 7.89. The minimum absolute atomic E-state index is 0.00570. The standard InChI is InChI=1S/C23H26O4/c1-7-15-11-12-22(4)20(25)13(2)14(3)21(26)23(22,5)18(15)16-9-8-10-17(27-6)19(16)24/h7-11,18,24H,1,12H2,2-6H3. The lowest BCUT2D eigenvalue weighted by Crippen LogP contribution is -2.57. The van der Waals surface area contributed by atoms with Crippen molar-refractivity contribution in [3.05, 3.63) is 59.2 Å². The van der Waals surface area contributed by atoms with Crippen molar-refractivity contribution in [3.8, 4) is 11.5 Å². The number of aromatic hydroxyl groups is 1. The minimum atomic E-state index is -1.03. The zero-order chi connectivity index (χ0) is 20.1. The first-order valence-corrected chi connectivity index (χ1v) is 9.10. The molecule has 0 heterocycles. The summed E-state index contributed by atoms with van der Waals surface area (Å²) in [7, 11) is 1.49. The lowest BCUT2D eigenvalue weighted by Gasteiger charge is -2.54. The molecule has 1 aromatic carbocycles. The van der Waals surface area contributed by atoms with Crippen molar-refractivity contribution in [1.82, 2.24) is 0 Å². The lowest BCUT2D eigenvalue weighted by molar-refractivity contribution is -0.147. The SMILES string of the molecule is C=CC1=CCC2(C)C(=O)C(C)=C(C)C(=O)C2(C)C1c1cccc(OC)c1O. The van der Waals surface area contributed by atoms with Gasteiger partial charge in [0.2, 0.25) is 0 Å². The maximum absolute atomic E-state index is 13.6. The Hall–Kier alpha value is -2.62. The summed E-state index contributed by atoms with van der Waals surface area (Å²) in [6.07, 6.45) is 4.14. The highest BCUT2D eigenvalue weighted by Gasteiger charge is 2.63. The average molecular weight is 366 g/mol. The van der Waals surface area contributed by atoms with E-state index in [2.05, 4.69) is 6.58 Å². The highest BCUT2D eigenvalue weighted by atomic mass is 16.5. The van der Waals surface area contributed by atoms with E-state index in [9.17, 15) is 14.7 Å². The molecule has 0 saturated carbocycles. The Kier molecular flexibility index (Phi) is 4.41. The summed E-state index contributed by atoms with van der Waals surface area (Å²) in [5, 5.41) is 10.8. The van der Waals surface area contributed by atoms with E-state index in [1.165, 1.54) is 7.11 Å². The van der Waals surface area contributed by atoms with Crippen LogP contribution in [0, 0.1) is 10.8 Å². The number of benzene rings is 1. The molecule has 0 radical (unpaired) electrons. The molecular formula is C23H26O4. The molecule has 0 aliphatic heterocycles. The van der Waals surface area contributed by atoms with E-state index in [-0.39, 0.29) is 17.3 Å². The average Bonchev–Trinajstić information content (AvgIpc) is 2.67. The van der Waals surface area contributed by atoms with Crippen LogP contribution in [-0.4, -0.2) is 23.8 Å². The van der Waals surface area contributed by atoms with E-state index in [1.807, 2.05) is 19.9 Å². The molecule has 0 bridgehead atoms. The smallest absolute Gasteiger partial charge is 0.166 e. The van der Waals surface area contributed by atoms with Crippen molar-refractivity contribution in [1.29, 1.82) is 0 Å². The van der Waals surface area contributed by atoms with Gasteiger partial charge in [-0.3, -0.25) is 9.59 Å². The molecule has 3 rings (SSSR count). The Morgan fingerprint density at radius 3 is 2.41 bits per heavy atom. The monoisotopic (exact) mass is 366 g/mol. The summed E-state index contributed by atoms with van der Waals surface area (Å²) < 4.78 is 5.27. The Bertz CT molecular complexity index is 920. The normalized spacial score (nSPS) is 30.7. The number of fused-ring (bicyclic) bond motifs is 1. The molecule has 3 atom stereocenters. The van der Waals surface area contributed by atoms with Crippen molar-refractivity contribution in [2.75, 3.05) is 7.11 Å². The van der Waals surface area contributed by atoms with Gasteiger partial charge in [0.25, 0.3) is 0 Å². The van der Waals surface area contributed by atoms with Crippen LogP contribution in [0.1, 0.15) is 45.6 Å². The molecule has 3 unspecified atom stereocenters. The Labute approximate surface area is 160 Å². The summed E-state index contributed by atoms with van der Waals surface area (Å²) in [5.41, 5.74) is 0.520. The first kappa shape index (κ1) is 19.2. The molecular weight excluding hydrogens is 340 g/mol. The van der Waals surface area contributed by atoms with Crippen LogP contribution >= 0.6 is 0 Å². The van der Waals surface area contributed by atoms with Crippen LogP contribution in [0.5, 0.6) is 11.5 Å². The summed E-state index contributed by atoms with van der Waals surface area (Å²) >= 11 is 0. The van der Waals surface area contributed by atoms with Gasteiger partial charge in [0.15, 0.2) is 23.1 Å². The lowest BCUT2D eigenvalue weighted by atomic mass is 9.45. The molecule has 2 aliphatic rings. The number of methoxy groups -OCH3 is 1. The van der Waals surface area contributed by atoms with Crippen LogP contribution in [0.25, 0.3) is 0 Å². The Balaban J connectivity index is 2.37. The van der Waals surface area contributed by atoms with E-state index in [0.29, 0.717) is 28.9 Å². The molecule has 1 N–H and O–H groups in total. The third-order valence-electron chi connectivity index (χ3n) is 6.82. The predicted octanol–water partition coefficient (Wildman–Crippen LogP) is 4.50. The van der Waals surface area contributed by atoms with E-state index < -0.39 is 16.7 Å². The number of allylic oxidation sites excluding steroid dienone is 5. The number of rotatable bonds is 3. The largest absolute Gasteiger partial charge is 0.504 e. The summed E-state index contributed by atoms with van der Waals surface area (Å²) in [6, 6.07) is 5.24. The molecule has 0 fully saturated rings. The maximum atomic E-state index is 13.6. The molecule has 1 aromatic rings. The number of hydrogen-bond donors (Lipinski definition) is 1. The van der Waals surface area contributed by atoms with Crippen molar-refractivity contribution >= 4 is 11.6 Å². The number of Topliss-reactive ketones (excluding diaryl/α,β-unsaturated/α-hetero) is 2. The van der Waals surface area contributed by atoms with E-state index in [1.54, 1.807) is 38.1 Å². The quantitative estimate of drug-likeness (QED) is 0.855. The zero-order valence-corrected chi connectivity index (χ0v) is 16.6. The fourth-order valence-electron chi connectivity index (χ4n) is 4.79. The summed E-state index contributed by atoms with van der Waals surface area (Å²) in [6.45, 7) is 11.1. The van der Waals surface area contributed by atoms with Gasteiger partial charge in [-0.1, -0.05) is 44.7 Å². The van der Waals surface area contributed by atoms with Gasteiger partial charge in [-0.2, -0.15) is 0 Å². The van der Waals surface area contributed by atoms with Gasteiger partial charge < -0.3 is 9.84 Å². The molecule has 27 heavy (non-hydrogen) atoms. The first-order valence-electron chi connectivity index (χ1n) is 9.10. The first-order chi connectivity index (χ1) is 12.6. The summed E-state index contributed by atoms with van der Waals surface area (Å²) in [5.74, 6) is -0.226. The minimum Gasteiger partial charge on any atom is -0.504 e. The fourth-order valence-corrected chi connectivity index (χ4v) is 4.79. The highest BCUT2D eigenvalue weighted by Crippen LogP contribution is 2.63. The van der Waals surface area contributed by atoms with Gasteiger partial charge in [-0.15, -0.1) is 0 Å². The number of carbonyl (C=O) groups is 2. The fraction of sp³-hybridized carbons (Fsp3) is 0.391. The number of ether oxygens (including phenoxy) is 1. The van der Waals surface area contributed by atoms with Crippen molar-refractivity contribution in [2.24, 2.45) is 10.8 Å². The van der Waals surface area contributed by atoms with Crippen molar-refractivity contribution in [3.63, 3.8) is 0 Å². The van der Waals surface area contributed by atoms with E-state index >= 15 is 0 Å². The number of phenols is 1. The van der Waals surface area contributed by atoms with Gasteiger partial charge in [-0.25, -0.2) is 0 Å². The van der Waals surface area contributed by atoms with Crippen molar-refractivity contribution in [2.45, 2.75) is 40.0 Å². The topological polar surface area (TPSA) is 63.6 Å². The third kappa shape index (κ3) is 2.29. The number of hydrogen-bond acceptors (Lipinski definition) is 4. The van der Waals surface area contributed by atoms with Gasteiger partial charge >= 0.3 is 0 Å². The van der Waals surface area contributed by atoms with Gasteiger partial charge in [0.1, 0.15) is 0 Å². The van der Waals surface area contributed by atoms with E-state index in [0.717, 1.165) is 5.57 Å². The van der Waals surface area contributed by atoms with Gasteiger partial charge in [0, 0.05) is 16.9 Å². The molecule has 2 aliphatic carbocycles. The molecule has 0 aromatic heterocycles. The second-order valence-corrected chi connectivity index (χ2v) is 7.89. The van der Waals surface area contributed by atoms with E-state index in [4.69, 9.17) is 4.74 Å². The Morgan fingerprint density at radius 1 is 1.19 bits per heavy atom. The molecule has 0 spiro atoms. The molecule has 142 valence electrons. The van der Waals surface area contributed by atoms with Crippen LogP contribution in [0.3, 0.4) is 0 Å². The predicted molar refractivity (Wildman–Crippen MR) is 105 cm³/mol. The van der Waals surface area contributed by atoms with Crippen LogP contribution in [0.4, 0.5) is 0 Å². The van der Waals surface area contributed by atoms with Gasteiger partial charge in [-0.05, 0) is 43.1 Å². The number of carbonyl (C=O) groups excluding carboxylic acids is 2. The zero-order valence-electron chi connectivity index (χ0n) is 16.6. The van der Waals surface area contributed by atoms with Crippen LogP contribution in [0.15, 0.2) is 53.6 Å². The third-order valence-corrected chi connectivity index (χ3v) is 6.82. The van der Waals surface area contributed by atoms with Gasteiger partial charge in [0.05, 0.1) is 12.5 Å². The van der Waals surface area contributed by atoms with Crippen LogP contribution in [-0.2, 0) is 9.59 Å².